The second-order valence-electron chi connectivity index (χ2n) is 5.69. The molecule has 1 aliphatic carbocycles. The summed E-state index contributed by atoms with van der Waals surface area (Å²) in [5, 5.41) is 1.12. The van der Waals surface area contributed by atoms with Crippen molar-refractivity contribution in [1.82, 2.24) is 15.0 Å². The Balaban J connectivity index is 1.86. The third kappa shape index (κ3) is 2.31. The number of fused-ring (bicyclic) bond motifs is 1. The van der Waals surface area contributed by atoms with E-state index in [1.807, 2.05) is 6.20 Å². The van der Waals surface area contributed by atoms with Crippen molar-refractivity contribution in [2.75, 3.05) is 11.9 Å². The number of nitrogens with one attached hydrogen (secondary N) is 1. The lowest BCUT2D eigenvalue weighted by Gasteiger charge is -2.35. The lowest BCUT2D eigenvalue weighted by molar-refractivity contribution is 0.310. The monoisotopic (exact) mass is 258 g/mol. The molecule has 0 amide bonds. The first-order chi connectivity index (χ1) is 9.27. The van der Waals surface area contributed by atoms with Crippen LogP contribution in [0.5, 0.6) is 0 Å². The Labute approximate surface area is 114 Å². The molecule has 19 heavy (non-hydrogen) atoms. The van der Waals surface area contributed by atoms with Gasteiger partial charge in [-0.1, -0.05) is 19.3 Å². The molecule has 0 radical (unpaired) electrons. The summed E-state index contributed by atoms with van der Waals surface area (Å²) in [6, 6.07) is 2.60. The van der Waals surface area contributed by atoms with Gasteiger partial charge in [0.2, 0.25) is 0 Å². The third-order valence-corrected chi connectivity index (χ3v) is 4.61. The highest BCUT2D eigenvalue weighted by atomic mass is 15.2. The van der Waals surface area contributed by atoms with Crippen LogP contribution >= 0.6 is 0 Å². The van der Waals surface area contributed by atoms with E-state index in [1.165, 1.54) is 32.1 Å². The molecule has 1 unspecified atom stereocenters. The van der Waals surface area contributed by atoms with Gasteiger partial charge in [-0.25, -0.2) is 9.97 Å². The second kappa shape index (κ2) is 5.19. The van der Waals surface area contributed by atoms with Gasteiger partial charge in [0.1, 0.15) is 17.8 Å². The Morgan fingerprint density at radius 1 is 1.26 bits per heavy atom. The molecule has 0 aliphatic heterocycles. The second-order valence-corrected chi connectivity index (χ2v) is 5.69. The first-order valence-corrected chi connectivity index (χ1v) is 7.28. The number of hydrogen-bond donors (Lipinski definition) is 1. The molecule has 1 atom stereocenters. The predicted octanol–water partition coefficient (Wildman–Crippen LogP) is 3.36. The molecule has 4 heteroatoms. The topological polar surface area (TPSA) is 44.8 Å². The van der Waals surface area contributed by atoms with Crippen molar-refractivity contribution in [2.45, 2.75) is 45.1 Å². The average Bonchev–Trinajstić information content (AvgIpc) is 2.95. The van der Waals surface area contributed by atoms with Crippen LogP contribution in [-0.2, 0) is 0 Å². The van der Waals surface area contributed by atoms with Gasteiger partial charge in [0.15, 0.2) is 0 Å². The number of aromatic amines is 1. The highest BCUT2D eigenvalue weighted by Gasteiger charge is 2.24. The van der Waals surface area contributed by atoms with E-state index in [9.17, 15) is 0 Å². The van der Waals surface area contributed by atoms with Crippen LogP contribution in [0.3, 0.4) is 0 Å². The van der Waals surface area contributed by atoms with Crippen LogP contribution in [0, 0.1) is 5.92 Å². The molecular weight excluding hydrogens is 236 g/mol. The van der Waals surface area contributed by atoms with Crippen LogP contribution in [0.1, 0.15) is 39.0 Å². The van der Waals surface area contributed by atoms with Crippen LogP contribution in [0.15, 0.2) is 18.6 Å². The SMILES string of the molecule is CC(C1CCCCC1)N(C)c1ncnc2[nH]ccc12. The van der Waals surface area contributed by atoms with Crippen LogP contribution in [-0.4, -0.2) is 28.0 Å². The maximum Gasteiger partial charge on any atom is 0.142 e. The Morgan fingerprint density at radius 3 is 2.84 bits per heavy atom. The van der Waals surface area contributed by atoms with Crippen LogP contribution in [0.4, 0.5) is 5.82 Å². The van der Waals surface area contributed by atoms with Crippen molar-refractivity contribution in [3.63, 3.8) is 0 Å². The minimum atomic E-state index is 0.535. The zero-order valence-corrected chi connectivity index (χ0v) is 11.8. The molecule has 1 fully saturated rings. The number of aromatic nitrogens is 3. The van der Waals surface area contributed by atoms with Crippen molar-refractivity contribution in [2.24, 2.45) is 5.92 Å². The number of H-pyrrole nitrogens is 1. The minimum Gasteiger partial charge on any atom is -0.356 e. The van der Waals surface area contributed by atoms with Gasteiger partial charge in [-0.15, -0.1) is 0 Å². The largest absolute Gasteiger partial charge is 0.356 e. The first-order valence-electron chi connectivity index (χ1n) is 7.28. The molecule has 2 aromatic rings. The van der Waals surface area contributed by atoms with E-state index >= 15 is 0 Å². The zero-order valence-electron chi connectivity index (χ0n) is 11.8. The van der Waals surface area contributed by atoms with Gasteiger partial charge in [0, 0.05) is 19.3 Å². The fourth-order valence-electron chi connectivity index (χ4n) is 3.27. The summed E-state index contributed by atoms with van der Waals surface area (Å²) in [6.07, 6.45) is 10.5. The van der Waals surface area contributed by atoms with Crippen molar-refractivity contribution in [3.8, 4) is 0 Å². The fourth-order valence-corrected chi connectivity index (χ4v) is 3.27. The number of hydrogen-bond acceptors (Lipinski definition) is 3. The molecular formula is C15H22N4. The van der Waals surface area contributed by atoms with Crippen molar-refractivity contribution < 1.29 is 0 Å². The van der Waals surface area contributed by atoms with E-state index in [-0.39, 0.29) is 0 Å². The first kappa shape index (κ1) is 12.5. The van der Waals surface area contributed by atoms with Gasteiger partial charge in [-0.05, 0) is 31.7 Å². The van der Waals surface area contributed by atoms with Crippen LogP contribution in [0.25, 0.3) is 11.0 Å². The van der Waals surface area contributed by atoms with Crippen molar-refractivity contribution in [3.05, 3.63) is 18.6 Å². The highest BCUT2D eigenvalue weighted by Crippen LogP contribution is 2.31. The van der Waals surface area contributed by atoms with Gasteiger partial charge in [-0.3, -0.25) is 0 Å². The van der Waals surface area contributed by atoms with Gasteiger partial charge in [-0.2, -0.15) is 0 Å². The highest BCUT2D eigenvalue weighted by molar-refractivity contribution is 5.87. The number of anilines is 1. The summed E-state index contributed by atoms with van der Waals surface area (Å²) in [4.78, 5) is 14.2. The van der Waals surface area contributed by atoms with Gasteiger partial charge >= 0.3 is 0 Å². The van der Waals surface area contributed by atoms with E-state index in [1.54, 1.807) is 6.33 Å². The smallest absolute Gasteiger partial charge is 0.142 e. The van der Waals surface area contributed by atoms with E-state index in [0.29, 0.717) is 6.04 Å². The molecule has 1 saturated carbocycles. The summed E-state index contributed by atoms with van der Waals surface area (Å²) < 4.78 is 0. The van der Waals surface area contributed by atoms with E-state index in [2.05, 4.69) is 39.9 Å². The normalized spacial score (nSPS) is 18.6. The molecule has 4 nitrogen and oxygen atoms in total. The lowest BCUT2D eigenvalue weighted by Crippen LogP contribution is -2.37. The lowest BCUT2D eigenvalue weighted by atomic mass is 9.84. The average molecular weight is 258 g/mol. The van der Waals surface area contributed by atoms with E-state index in [4.69, 9.17) is 0 Å². The summed E-state index contributed by atoms with van der Waals surface area (Å²) in [5.41, 5.74) is 0.924. The Bertz CT molecular complexity index is 542. The molecule has 1 N–H and O–H groups in total. The fraction of sp³-hybridized carbons (Fsp3) is 0.600. The van der Waals surface area contributed by atoms with E-state index < -0.39 is 0 Å². The molecule has 2 aromatic heterocycles. The Morgan fingerprint density at radius 2 is 2.05 bits per heavy atom. The predicted molar refractivity (Wildman–Crippen MR) is 78.3 cm³/mol. The molecule has 0 bridgehead atoms. The summed E-state index contributed by atoms with van der Waals surface area (Å²) in [7, 11) is 2.16. The maximum atomic E-state index is 4.49. The van der Waals surface area contributed by atoms with Crippen molar-refractivity contribution >= 4 is 16.9 Å². The molecule has 0 aromatic carbocycles. The standard InChI is InChI=1S/C15H22N4/c1-11(12-6-4-3-5-7-12)19(2)15-13-8-9-16-14(13)17-10-18-15/h8-12H,3-7H2,1-2H3,(H,16,17,18). The minimum absolute atomic E-state index is 0.535. The Hall–Kier alpha value is -1.58. The zero-order chi connectivity index (χ0) is 13.2. The third-order valence-electron chi connectivity index (χ3n) is 4.61. The van der Waals surface area contributed by atoms with Crippen LogP contribution < -0.4 is 4.90 Å². The maximum absolute atomic E-state index is 4.49. The summed E-state index contributed by atoms with van der Waals surface area (Å²) >= 11 is 0. The van der Waals surface area contributed by atoms with E-state index in [0.717, 1.165) is 22.8 Å². The Kier molecular flexibility index (Phi) is 3.40. The van der Waals surface area contributed by atoms with Gasteiger partial charge in [0.05, 0.1) is 5.39 Å². The molecule has 0 spiro atoms. The van der Waals surface area contributed by atoms with Gasteiger partial charge < -0.3 is 9.88 Å². The number of nitrogens with zero attached hydrogens (tertiary/aromatic N) is 3. The quantitative estimate of drug-likeness (QED) is 0.918. The number of rotatable bonds is 3. The molecule has 1 aliphatic rings. The summed E-state index contributed by atoms with van der Waals surface area (Å²) in [5.74, 6) is 1.84. The molecule has 3 rings (SSSR count). The van der Waals surface area contributed by atoms with Gasteiger partial charge in [0.25, 0.3) is 0 Å². The molecule has 2 heterocycles. The van der Waals surface area contributed by atoms with Crippen LogP contribution in [0.2, 0.25) is 0 Å². The molecule has 102 valence electrons. The summed E-state index contributed by atoms with van der Waals surface area (Å²) in [6.45, 7) is 2.33. The van der Waals surface area contributed by atoms with Crippen molar-refractivity contribution in [1.29, 1.82) is 0 Å². The molecule has 0 saturated heterocycles.